The number of carbonyl (C=O) groups is 1. The number of hydrogen-bond acceptors (Lipinski definition) is 3. The molecule has 0 aliphatic heterocycles. The van der Waals surface area contributed by atoms with Gasteiger partial charge in [0.25, 0.3) is 0 Å². The van der Waals surface area contributed by atoms with Gasteiger partial charge in [-0.3, -0.25) is 4.79 Å². The van der Waals surface area contributed by atoms with Gasteiger partial charge in [0.1, 0.15) is 0 Å². The number of aryl methyl sites for hydroxylation is 1. The Morgan fingerprint density at radius 2 is 2.31 bits per heavy atom. The van der Waals surface area contributed by atoms with Crippen molar-refractivity contribution < 1.29 is 9.53 Å². The van der Waals surface area contributed by atoms with Crippen LogP contribution in [0.25, 0.3) is 0 Å². The molecule has 0 saturated heterocycles. The van der Waals surface area contributed by atoms with Gasteiger partial charge in [-0.15, -0.1) is 11.3 Å². The topological polar surface area (TPSA) is 26.3 Å². The lowest BCUT2D eigenvalue weighted by Crippen LogP contribution is -2.05. The van der Waals surface area contributed by atoms with Crippen molar-refractivity contribution in [3.8, 4) is 5.06 Å². The first-order valence-electron chi connectivity index (χ1n) is 4.55. The second-order valence-corrected chi connectivity index (χ2v) is 3.69. The van der Waals surface area contributed by atoms with E-state index in [0.717, 1.165) is 23.5 Å². The Morgan fingerprint density at radius 3 is 2.92 bits per heavy atom. The minimum Gasteiger partial charge on any atom is -0.415 e. The average molecular weight is 198 g/mol. The Kier molecular flexibility index (Phi) is 3.96. The number of esters is 1. The molecule has 0 atom stereocenters. The van der Waals surface area contributed by atoms with Gasteiger partial charge in [0.05, 0.1) is 0 Å². The maximum atomic E-state index is 11.0. The molecule has 0 fully saturated rings. The van der Waals surface area contributed by atoms with Gasteiger partial charge in [-0.05, 0) is 17.9 Å². The SMILES string of the molecule is CCCc1ccsc1OC(=O)CC. The summed E-state index contributed by atoms with van der Waals surface area (Å²) in [7, 11) is 0. The van der Waals surface area contributed by atoms with Crippen LogP contribution >= 0.6 is 11.3 Å². The molecule has 1 heterocycles. The fourth-order valence-electron chi connectivity index (χ4n) is 1.04. The van der Waals surface area contributed by atoms with Gasteiger partial charge in [-0.1, -0.05) is 20.3 Å². The van der Waals surface area contributed by atoms with Crippen LogP contribution in [0.15, 0.2) is 11.4 Å². The molecular formula is C10H14O2S. The van der Waals surface area contributed by atoms with Crippen LogP contribution in [-0.4, -0.2) is 5.97 Å². The summed E-state index contributed by atoms with van der Waals surface area (Å²) in [5.74, 6) is -0.153. The molecule has 0 bridgehead atoms. The van der Waals surface area contributed by atoms with Gasteiger partial charge in [-0.2, -0.15) is 0 Å². The molecule has 72 valence electrons. The minimum absolute atomic E-state index is 0.153. The predicted octanol–water partition coefficient (Wildman–Crippen LogP) is 3.02. The summed E-state index contributed by atoms with van der Waals surface area (Å²) in [6, 6.07) is 2.02. The molecule has 0 spiro atoms. The third-order valence-corrected chi connectivity index (χ3v) is 2.55. The van der Waals surface area contributed by atoms with Crippen molar-refractivity contribution >= 4 is 17.3 Å². The van der Waals surface area contributed by atoms with Gasteiger partial charge >= 0.3 is 5.97 Å². The van der Waals surface area contributed by atoms with Gasteiger partial charge in [0, 0.05) is 12.0 Å². The molecule has 0 unspecified atom stereocenters. The molecule has 0 N–H and O–H groups in total. The third-order valence-electron chi connectivity index (χ3n) is 1.72. The zero-order valence-electron chi connectivity index (χ0n) is 8.00. The molecule has 0 saturated carbocycles. The molecule has 0 radical (unpaired) electrons. The molecule has 2 nitrogen and oxygen atoms in total. The second-order valence-electron chi connectivity index (χ2n) is 2.81. The highest BCUT2D eigenvalue weighted by atomic mass is 32.1. The molecular weight excluding hydrogens is 184 g/mol. The van der Waals surface area contributed by atoms with E-state index in [-0.39, 0.29) is 5.97 Å². The monoisotopic (exact) mass is 198 g/mol. The first kappa shape index (κ1) is 10.3. The van der Waals surface area contributed by atoms with Gasteiger partial charge in [0.2, 0.25) is 0 Å². The smallest absolute Gasteiger partial charge is 0.311 e. The van der Waals surface area contributed by atoms with Crippen molar-refractivity contribution in [1.29, 1.82) is 0 Å². The quantitative estimate of drug-likeness (QED) is 0.695. The third kappa shape index (κ3) is 2.84. The van der Waals surface area contributed by atoms with Crippen molar-refractivity contribution in [2.24, 2.45) is 0 Å². The van der Waals surface area contributed by atoms with E-state index >= 15 is 0 Å². The molecule has 13 heavy (non-hydrogen) atoms. The normalized spacial score (nSPS) is 10.0. The summed E-state index contributed by atoms with van der Waals surface area (Å²) in [5.41, 5.74) is 1.15. The van der Waals surface area contributed by atoms with Crippen molar-refractivity contribution in [2.75, 3.05) is 0 Å². The number of thiophene rings is 1. The maximum Gasteiger partial charge on any atom is 0.311 e. The Labute approximate surface area is 82.5 Å². The lowest BCUT2D eigenvalue weighted by Gasteiger charge is -2.02. The summed E-state index contributed by atoms with van der Waals surface area (Å²) in [6.07, 6.45) is 2.49. The Morgan fingerprint density at radius 1 is 1.54 bits per heavy atom. The van der Waals surface area contributed by atoms with E-state index in [9.17, 15) is 4.79 Å². The van der Waals surface area contributed by atoms with Crippen molar-refractivity contribution in [3.05, 3.63) is 17.0 Å². The molecule has 0 aromatic carbocycles. The van der Waals surface area contributed by atoms with Gasteiger partial charge in [-0.25, -0.2) is 0 Å². The lowest BCUT2D eigenvalue weighted by molar-refractivity contribution is -0.133. The minimum atomic E-state index is -0.153. The Bertz CT molecular complexity index is 278. The van der Waals surface area contributed by atoms with E-state index in [1.807, 2.05) is 11.4 Å². The number of hydrogen-bond donors (Lipinski definition) is 0. The Hall–Kier alpha value is -0.830. The summed E-state index contributed by atoms with van der Waals surface area (Å²) < 4.78 is 5.17. The fourth-order valence-corrected chi connectivity index (χ4v) is 1.86. The zero-order valence-corrected chi connectivity index (χ0v) is 8.82. The van der Waals surface area contributed by atoms with Crippen LogP contribution in [0.5, 0.6) is 5.06 Å². The molecule has 3 heteroatoms. The van der Waals surface area contributed by atoms with Crippen molar-refractivity contribution in [2.45, 2.75) is 33.1 Å². The van der Waals surface area contributed by atoms with E-state index in [0.29, 0.717) is 6.42 Å². The zero-order chi connectivity index (χ0) is 9.68. The first-order valence-corrected chi connectivity index (χ1v) is 5.43. The maximum absolute atomic E-state index is 11.0. The number of ether oxygens (including phenoxy) is 1. The Balaban J connectivity index is 2.64. The molecule has 1 aromatic rings. The highest BCUT2D eigenvalue weighted by molar-refractivity contribution is 7.12. The second kappa shape index (κ2) is 5.02. The van der Waals surface area contributed by atoms with E-state index in [1.54, 1.807) is 6.92 Å². The summed E-state index contributed by atoms with van der Waals surface area (Å²) in [4.78, 5) is 11.0. The molecule has 0 aliphatic rings. The van der Waals surface area contributed by atoms with Crippen LogP contribution in [0.1, 0.15) is 32.3 Å². The number of rotatable bonds is 4. The van der Waals surface area contributed by atoms with Crippen LogP contribution in [-0.2, 0) is 11.2 Å². The summed E-state index contributed by atoms with van der Waals surface area (Å²) >= 11 is 1.49. The van der Waals surface area contributed by atoms with Crippen LogP contribution in [0, 0.1) is 0 Å². The summed E-state index contributed by atoms with van der Waals surface area (Å²) in [6.45, 7) is 3.92. The average Bonchev–Trinajstić information content (AvgIpc) is 2.54. The van der Waals surface area contributed by atoms with Crippen LogP contribution in [0.2, 0.25) is 0 Å². The number of carbonyl (C=O) groups excluding carboxylic acids is 1. The summed E-state index contributed by atoms with van der Waals surface area (Å²) in [5, 5.41) is 2.73. The molecule has 1 rings (SSSR count). The van der Waals surface area contributed by atoms with E-state index in [2.05, 4.69) is 6.92 Å². The van der Waals surface area contributed by atoms with E-state index in [1.165, 1.54) is 11.3 Å². The largest absolute Gasteiger partial charge is 0.415 e. The van der Waals surface area contributed by atoms with E-state index < -0.39 is 0 Å². The van der Waals surface area contributed by atoms with E-state index in [4.69, 9.17) is 4.74 Å². The highest BCUT2D eigenvalue weighted by Gasteiger charge is 2.07. The molecule has 1 aromatic heterocycles. The highest BCUT2D eigenvalue weighted by Crippen LogP contribution is 2.27. The van der Waals surface area contributed by atoms with Crippen molar-refractivity contribution in [1.82, 2.24) is 0 Å². The standard InChI is InChI=1S/C10H14O2S/c1-3-5-8-6-7-13-10(8)12-9(11)4-2/h6-7H,3-5H2,1-2H3. The van der Waals surface area contributed by atoms with Crippen LogP contribution in [0.3, 0.4) is 0 Å². The fraction of sp³-hybridized carbons (Fsp3) is 0.500. The first-order chi connectivity index (χ1) is 6.27. The predicted molar refractivity (Wildman–Crippen MR) is 54.2 cm³/mol. The van der Waals surface area contributed by atoms with Gasteiger partial charge in [0.15, 0.2) is 5.06 Å². The van der Waals surface area contributed by atoms with Gasteiger partial charge < -0.3 is 4.74 Å². The van der Waals surface area contributed by atoms with Crippen LogP contribution < -0.4 is 4.74 Å². The molecule has 0 aliphatic carbocycles. The van der Waals surface area contributed by atoms with Crippen molar-refractivity contribution in [3.63, 3.8) is 0 Å². The lowest BCUT2D eigenvalue weighted by atomic mass is 10.2. The molecule has 0 amide bonds. The van der Waals surface area contributed by atoms with Crippen LogP contribution in [0.4, 0.5) is 0 Å².